The molecule has 0 aliphatic carbocycles. The van der Waals surface area contributed by atoms with Crippen molar-refractivity contribution < 1.29 is 8.42 Å². The first-order valence-electron chi connectivity index (χ1n) is 5.61. The zero-order chi connectivity index (χ0) is 14.6. The van der Waals surface area contributed by atoms with Crippen molar-refractivity contribution in [1.29, 1.82) is 0 Å². The fraction of sp³-hybridized carbons (Fsp3) is 0.0769. The summed E-state index contributed by atoms with van der Waals surface area (Å²) in [5.41, 5.74) is 0.595. The Morgan fingerprint density at radius 1 is 1.25 bits per heavy atom. The Hall–Kier alpha value is -0.850. The third-order valence-corrected chi connectivity index (χ3v) is 4.90. The molecule has 7 heteroatoms. The van der Waals surface area contributed by atoms with Gasteiger partial charge in [-0.25, -0.2) is 13.1 Å². The molecule has 2 aromatic rings. The summed E-state index contributed by atoms with van der Waals surface area (Å²) in [6, 6.07) is 8.62. The summed E-state index contributed by atoms with van der Waals surface area (Å²) in [6.45, 7) is 0.276. The number of halogens is 2. The summed E-state index contributed by atoms with van der Waals surface area (Å²) in [7, 11) is -3.50. The van der Waals surface area contributed by atoms with E-state index in [1.54, 1.807) is 18.2 Å². The van der Waals surface area contributed by atoms with Gasteiger partial charge >= 0.3 is 0 Å². The molecule has 0 unspecified atom stereocenters. The van der Waals surface area contributed by atoms with Crippen LogP contribution >= 0.6 is 34.5 Å². The molecule has 0 aliphatic heterocycles. The van der Waals surface area contributed by atoms with Gasteiger partial charge in [0.1, 0.15) is 0 Å². The molecule has 0 saturated carbocycles. The molecule has 1 aromatic heterocycles. The number of sulfonamides is 1. The van der Waals surface area contributed by atoms with Gasteiger partial charge in [0.25, 0.3) is 0 Å². The molecule has 20 heavy (non-hydrogen) atoms. The molecule has 0 radical (unpaired) electrons. The van der Waals surface area contributed by atoms with E-state index in [9.17, 15) is 8.42 Å². The van der Waals surface area contributed by atoms with E-state index < -0.39 is 10.0 Å². The van der Waals surface area contributed by atoms with Crippen LogP contribution in [0.4, 0.5) is 0 Å². The lowest BCUT2D eigenvalue weighted by molar-refractivity contribution is 0.591. The molecule has 0 saturated heterocycles. The summed E-state index contributed by atoms with van der Waals surface area (Å²) in [6.07, 6.45) is 1.44. The average Bonchev–Trinajstić information content (AvgIpc) is 2.89. The van der Waals surface area contributed by atoms with Gasteiger partial charge in [0.15, 0.2) is 0 Å². The molecule has 0 fully saturated rings. The Labute approximate surface area is 131 Å². The first-order valence-corrected chi connectivity index (χ1v) is 8.80. The van der Waals surface area contributed by atoms with Crippen LogP contribution in [0.3, 0.4) is 0 Å². The van der Waals surface area contributed by atoms with Gasteiger partial charge < -0.3 is 0 Å². The molecule has 1 heterocycles. The zero-order valence-electron chi connectivity index (χ0n) is 10.2. The third kappa shape index (κ3) is 4.61. The first-order chi connectivity index (χ1) is 9.46. The average molecular weight is 348 g/mol. The molecule has 0 bridgehead atoms. The second-order valence-corrected chi connectivity index (χ2v) is 7.44. The number of thiophene rings is 1. The van der Waals surface area contributed by atoms with Crippen molar-refractivity contribution in [3.05, 3.63) is 61.6 Å². The van der Waals surface area contributed by atoms with E-state index in [0.29, 0.717) is 15.6 Å². The van der Waals surface area contributed by atoms with Crippen LogP contribution in [0.25, 0.3) is 6.08 Å². The Bertz CT molecular complexity index is 710. The lowest BCUT2D eigenvalue weighted by Gasteiger charge is -2.01. The first kappa shape index (κ1) is 15.5. The maximum absolute atomic E-state index is 11.8. The van der Waals surface area contributed by atoms with E-state index in [2.05, 4.69) is 4.72 Å². The van der Waals surface area contributed by atoms with Crippen molar-refractivity contribution in [3.8, 4) is 0 Å². The smallest absolute Gasteiger partial charge is 0.208 e. The van der Waals surface area contributed by atoms with E-state index in [-0.39, 0.29) is 6.54 Å². The monoisotopic (exact) mass is 347 g/mol. The van der Waals surface area contributed by atoms with Crippen LogP contribution in [0, 0.1) is 0 Å². The number of nitrogens with one attached hydrogen (secondary N) is 1. The minimum Gasteiger partial charge on any atom is -0.208 e. The van der Waals surface area contributed by atoms with Crippen LogP contribution in [-0.2, 0) is 16.6 Å². The molecule has 1 N–H and O–H groups in total. The van der Waals surface area contributed by atoms with Gasteiger partial charge in [0.05, 0.1) is 0 Å². The van der Waals surface area contributed by atoms with Crippen LogP contribution in [0.15, 0.2) is 41.1 Å². The molecule has 1 aromatic carbocycles. The van der Waals surface area contributed by atoms with Gasteiger partial charge in [0, 0.05) is 26.9 Å². The van der Waals surface area contributed by atoms with Crippen molar-refractivity contribution in [2.24, 2.45) is 0 Å². The van der Waals surface area contributed by atoms with Crippen LogP contribution in [0.2, 0.25) is 10.0 Å². The molecule has 0 aliphatic rings. The SMILES string of the molecule is O=S(=O)(C=Cc1ccc(Cl)cc1Cl)NCc1cccs1. The van der Waals surface area contributed by atoms with Gasteiger partial charge in [-0.15, -0.1) is 11.3 Å². The number of benzene rings is 1. The third-order valence-electron chi connectivity index (χ3n) is 2.42. The summed E-state index contributed by atoms with van der Waals surface area (Å²) < 4.78 is 26.1. The van der Waals surface area contributed by atoms with E-state index >= 15 is 0 Å². The minimum absolute atomic E-state index is 0.276. The van der Waals surface area contributed by atoms with Crippen LogP contribution in [0.5, 0.6) is 0 Å². The van der Waals surface area contributed by atoms with Gasteiger partial charge in [-0.3, -0.25) is 0 Å². The van der Waals surface area contributed by atoms with Gasteiger partial charge in [-0.1, -0.05) is 35.3 Å². The van der Waals surface area contributed by atoms with Gasteiger partial charge in [-0.2, -0.15) is 0 Å². The largest absolute Gasteiger partial charge is 0.234 e. The van der Waals surface area contributed by atoms with E-state index in [0.717, 1.165) is 10.3 Å². The number of hydrogen-bond acceptors (Lipinski definition) is 3. The molecule has 3 nitrogen and oxygen atoms in total. The second-order valence-electron chi connectivity index (χ2n) is 3.91. The van der Waals surface area contributed by atoms with Crippen molar-refractivity contribution in [2.75, 3.05) is 0 Å². The topological polar surface area (TPSA) is 46.2 Å². The Kier molecular flexibility index (Phi) is 5.23. The fourth-order valence-electron chi connectivity index (χ4n) is 1.43. The summed E-state index contributed by atoms with van der Waals surface area (Å²) in [5, 5.41) is 3.90. The lowest BCUT2D eigenvalue weighted by atomic mass is 10.2. The summed E-state index contributed by atoms with van der Waals surface area (Å²) in [5.74, 6) is 0. The van der Waals surface area contributed by atoms with E-state index in [4.69, 9.17) is 23.2 Å². The molecule has 0 amide bonds. The number of rotatable bonds is 5. The second kappa shape index (κ2) is 6.74. The number of hydrogen-bond donors (Lipinski definition) is 1. The van der Waals surface area contributed by atoms with Gasteiger partial charge in [0.2, 0.25) is 10.0 Å². The van der Waals surface area contributed by atoms with Crippen molar-refractivity contribution in [2.45, 2.75) is 6.54 Å². The highest BCUT2D eigenvalue weighted by molar-refractivity contribution is 7.92. The Morgan fingerprint density at radius 2 is 2.05 bits per heavy atom. The standard InChI is InChI=1S/C13H11Cl2NO2S2/c14-11-4-3-10(13(15)8-11)5-7-20(17,18)16-9-12-2-1-6-19-12/h1-8,16H,9H2. The Balaban J connectivity index is 2.05. The molecular formula is C13H11Cl2NO2S2. The van der Waals surface area contributed by atoms with Crippen molar-refractivity contribution in [1.82, 2.24) is 4.72 Å². The predicted octanol–water partition coefficient (Wildman–Crippen LogP) is 4.15. The summed E-state index contributed by atoms with van der Waals surface area (Å²) >= 11 is 13.2. The van der Waals surface area contributed by atoms with Gasteiger partial charge in [-0.05, 0) is 35.2 Å². The van der Waals surface area contributed by atoms with Crippen LogP contribution < -0.4 is 4.72 Å². The normalized spacial score (nSPS) is 12.1. The highest BCUT2D eigenvalue weighted by Gasteiger charge is 2.06. The molecule has 0 spiro atoms. The zero-order valence-corrected chi connectivity index (χ0v) is 13.4. The molecular weight excluding hydrogens is 337 g/mol. The van der Waals surface area contributed by atoms with Crippen molar-refractivity contribution >= 4 is 50.6 Å². The van der Waals surface area contributed by atoms with E-state index in [1.165, 1.54) is 17.4 Å². The summed E-state index contributed by atoms with van der Waals surface area (Å²) in [4.78, 5) is 0.950. The minimum atomic E-state index is -3.50. The fourth-order valence-corrected chi connectivity index (χ4v) is 3.42. The van der Waals surface area contributed by atoms with E-state index in [1.807, 2.05) is 17.5 Å². The maximum Gasteiger partial charge on any atom is 0.234 e. The Morgan fingerprint density at radius 3 is 2.70 bits per heavy atom. The van der Waals surface area contributed by atoms with Crippen LogP contribution in [0.1, 0.15) is 10.4 Å². The molecule has 106 valence electrons. The molecule has 2 rings (SSSR count). The predicted molar refractivity (Wildman–Crippen MR) is 85.6 cm³/mol. The quantitative estimate of drug-likeness (QED) is 0.883. The van der Waals surface area contributed by atoms with Crippen molar-refractivity contribution in [3.63, 3.8) is 0 Å². The maximum atomic E-state index is 11.8. The highest BCUT2D eigenvalue weighted by Crippen LogP contribution is 2.22. The van der Waals surface area contributed by atoms with Crippen LogP contribution in [-0.4, -0.2) is 8.42 Å². The highest BCUT2D eigenvalue weighted by atomic mass is 35.5. The lowest BCUT2D eigenvalue weighted by Crippen LogP contribution is -2.19. The molecule has 0 atom stereocenters.